The summed E-state index contributed by atoms with van der Waals surface area (Å²) in [6, 6.07) is 6.98. The van der Waals surface area contributed by atoms with Gasteiger partial charge in [0.1, 0.15) is 5.75 Å². The van der Waals surface area contributed by atoms with E-state index < -0.39 is 0 Å². The lowest BCUT2D eigenvalue weighted by Gasteiger charge is -2.26. The molecule has 1 aromatic carbocycles. The highest BCUT2D eigenvalue weighted by molar-refractivity contribution is 9.11. The fourth-order valence-corrected chi connectivity index (χ4v) is 4.98. The minimum Gasteiger partial charge on any atom is -0.496 e. The van der Waals surface area contributed by atoms with Crippen LogP contribution in [0.25, 0.3) is 0 Å². The van der Waals surface area contributed by atoms with Crippen molar-refractivity contribution < 1.29 is 4.74 Å². The molecule has 1 heterocycles. The smallest absolute Gasteiger partial charge is 0.126 e. The SMILES string of the molecule is COc1c(C)ccc(NC2CCCc3sc(Br)cc32)c1C. The van der Waals surface area contributed by atoms with Crippen LogP contribution in [0.3, 0.4) is 0 Å². The summed E-state index contributed by atoms with van der Waals surface area (Å²) >= 11 is 5.49. The third kappa shape index (κ3) is 2.84. The first kappa shape index (κ1) is 14.9. The third-order valence-electron chi connectivity index (χ3n) is 4.22. The van der Waals surface area contributed by atoms with E-state index in [-0.39, 0.29) is 0 Å². The predicted molar refractivity (Wildman–Crippen MR) is 93.8 cm³/mol. The summed E-state index contributed by atoms with van der Waals surface area (Å²) in [5, 5.41) is 3.73. The third-order valence-corrected chi connectivity index (χ3v) is 5.93. The van der Waals surface area contributed by atoms with E-state index in [1.807, 2.05) is 11.3 Å². The maximum atomic E-state index is 5.53. The Hall–Kier alpha value is -1.00. The number of benzene rings is 1. The molecule has 0 radical (unpaired) electrons. The number of halogens is 1. The Morgan fingerprint density at radius 3 is 2.90 bits per heavy atom. The number of methoxy groups -OCH3 is 1. The fourth-order valence-electron chi connectivity index (χ4n) is 3.16. The lowest BCUT2D eigenvalue weighted by Crippen LogP contribution is -2.16. The van der Waals surface area contributed by atoms with E-state index in [1.54, 1.807) is 7.11 Å². The van der Waals surface area contributed by atoms with Gasteiger partial charge in [-0.1, -0.05) is 6.07 Å². The van der Waals surface area contributed by atoms with E-state index in [0.717, 1.165) is 5.75 Å². The molecule has 4 heteroatoms. The van der Waals surface area contributed by atoms with Gasteiger partial charge in [-0.15, -0.1) is 11.3 Å². The van der Waals surface area contributed by atoms with Crippen LogP contribution in [0, 0.1) is 13.8 Å². The van der Waals surface area contributed by atoms with Crippen LogP contribution < -0.4 is 10.1 Å². The normalized spacial score (nSPS) is 17.4. The van der Waals surface area contributed by atoms with Crippen LogP contribution in [0.15, 0.2) is 22.0 Å². The molecule has 1 atom stereocenters. The van der Waals surface area contributed by atoms with Gasteiger partial charge in [-0.2, -0.15) is 0 Å². The molecule has 0 bridgehead atoms. The van der Waals surface area contributed by atoms with Crippen LogP contribution in [0.1, 0.15) is 40.5 Å². The number of rotatable bonds is 3. The number of aryl methyl sites for hydroxylation is 2. The van der Waals surface area contributed by atoms with Gasteiger partial charge in [0.05, 0.1) is 16.9 Å². The number of ether oxygens (including phenoxy) is 1. The summed E-state index contributed by atoms with van der Waals surface area (Å²) in [4.78, 5) is 1.52. The van der Waals surface area contributed by atoms with Crippen LogP contribution in [-0.2, 0) is 6.42 Å². The first-order valence-electron chi connectivity index (χ1n) is 7.29. The zero-order valence-electron chi connectivity index (χ0n) is 12.6. The van der Waals surface area contributed by atoms with Gasteiger partial charge in [0.15, 0.2) is 0 Å². The molecule has 0 fully saturated rings. The number of hydrogen-bond acceptors (Lipinski definition) is 3. The summed E-state index contributed by atoms with van der Waals surface area (Å²) in [5.41, 5.74) is 5.01. The molecule has 21 heavy (non-hydrogen) atoms. The molecule has 1 aliphatic carbocycles. The Kier molecular flexibility index (Phi) is 4.27. The summed E-state index contributed by atoms with van der Waals surface area (Å²) in [5.74, 6) is 0.988. The summed E-state index contributed by atoms with van der Waals surface area (Å²) < 4.78 is 6.77. The monoisotopic (exact) mass is 365 g/mol. The molecule has 0 spiro atoms. The van der Waals surface area contributed by atoms with Crippen LogP contribution in [0.4, 0.5) is 5.69 Å². The highest BCUT2D eigenvalue weighted by Crippen LogP contribution is 2.40. The van der Waals surface area contributed by atoms with E-state index >= 15 is 0 Å². The molecular formula is C17H20BrNOS. The molecule has 1 N–H and O–H groups in total. The summed E-state index contributed by atoms with van der Waals surface area (Å²) in [6.07, 6.45) is 3.64. The largest absolute Gasteiger partial charge is 0.496 e. The Morgan fingerprint density at radius 1 is 1.33 bits per heavy atom. The van der Waals surface area contributed by atoms with Gasteiger partial charge >= 0.3 is 0 Å². The topological polar surface area (TPSA) is 21.3 Å². The zero-order valence-corrected chi connectivity index (χ0v) is 15.0. The average Bonchev–Trinajstić information content (AvgIpc) is 2.84. The highest BCUT2D eigenvalue weighted by atomic mass is 79.9. The van der Waals surface area contributed by atoms with Crippen molar-refractivity contribution in [1.82, 2.24) is 0 Å². The molecular weight excluding hydrogens is 346 g/mol. The Labute approximate surface area is 138 Å². The standard InChI is InChI=1S/C17H20BrNOS/c1-10-7-8-13(11(2)17(10)20-3)19-14-5-4-6-15-12(14)9-16(18)21-15/h7-9,14,19H,4-6H2,1-3H3. The Bertz CT molecular complexity index is 665. The van der Waals surface area contributed by atoms with E-state index in [0.29, 0.717) is 6.04 Å². The van der Waals surface area contributed by atoms with Gasteiger partial charge < -0.3 is 10.1 Å². The maximum absolute atomic E-state index is 5.53. The highest BCUT2D eigenvalue weighted by Gasteiger charge is 2.23. The Morgan fingerprint density at radius 2 is 2.14 bits per heavy atom. The minimum atomic E-state index is 0.405. The molecule has 2 aromatic rings. The first-order chi connectivity index (χ1) is 10.1. The van der Waals surface area contributed by atoms with Crippen molar-refractivity contribution in [2.45, 2.75) is 39.2 Å². The van der Waals surface area contributed by atoms with Gasteiger partial charge in [-0.25, -0.2) is 0 Å². The van der Waals surface area contributed by atoms with Crippen molar-refractivity contribution in [2.75, 3.05) is 12.4 Å². The lowest BCUT2D eigenvalue weighted by atomic mass is 9.93. The molecule has 0 amide bonds. The quantitative estimate of drug-likeness (QED) is 0.761. The van der Waals surface area contributed by atoms with Crippen molar-refractivity contribution in [3.8, 4) is 5.75 Å². The molecule has 1 unspecified atom stereocenters. The van der Waals surface area contributed by atoms with E-state index in [2.05, 4.69) is 53.3 Å². The molecule has 0 aliphatic heterocycles. The van der Waals surface area contributed by atoms with Gasteiger partial charge in [0, 0.05) is 16.1 Å². The fraction of sp³-hybridized carbons (Fsp3) is 0.412. The second-order valence-corrected chi connectivity index (χ2v) is 8.12. The molecule has 112 valence electrons. The molecule has 0 saturated heterocycles. The van der Waals surface area contributed by atoms with Crippen LogP contribution in [0.5, 0.6) is 5.75 Å². The molecule has 3 rings (SSSR count). The summed E-state index contributed by atoms with van der Waals surface area (Å²) in [7, 11) is 1.74. The number of thiophene rings is 1. The van der Waals surface area contributed by atoms with Crippen LogP contribution in [-0.4, -0.2) is 7.11 Å². The second-order valence-electron chi connectivity index (χ2n) is 5.61. The average molecular weight is 366 g/mol. The predicted octanol–water partition coefficient (Wildman–Crippen LogP) is 5.63. The van der Waals surface area contributed by atoms with Crippen LogP contribution >= 0.6 is 27.3 Å². The number of fused-ring (bicyclic) bond motifs is 1. The van der Waals surface area contributed by atoms with E-state index in [1.165, 1.54) is 50.3 Å². The number of anilines is 1. The maximum Gasteiger partial charge on any atom is 0.126 e. The van der Waals surface area contributed by atoms with E-state index in [9.17, 15) is 0 Å². The van der Waals surface area contributed by atoms with Crippen molar-refractivity contribution >= 4 is 33.0 Å². The van der Waals surface area contributed by atoms with Crippen molar-refractivity contribution in [3.63, 3.8) is 0 Å². The van der Waals surface area contributed by atoms with Crippen molar-refractivity contribution in [1.29, 1.82) is 0 Å². The first-order valence-corrected chi connectivity index (χ1v) is 8.90. The van der Waals surface area contributed by atoms with Gasteiger partial charge in [0.25, 0.3) is 0 Å². The number of hydrogen-bond donors (Lipinski definition) is 1. The van der Waals surface area contributed by atoms with Crippen LogP contribution in [0.2, 0.25) is 0 Å². The van der Waals surface area contributed by atoms with Gasteiger partial charge in [-0.3, -0.25) is 0 Å². The number of nitrogens with one attached hydrogen (secondary N) is 1. The molecule has 1 aromatic heterocycles. The summed E-state index contributed by atoms with van der Waals surface area (Å²) in [6.45, 7) is 4.21. The molecule has 1 aliphatic rings. The minimum absolute atomic E-state index is 0.405. The van der Waals surface area contributed by atoms with E-state index in [4.69, 9.17) is 4.74 Å². The Balaban J connectivity index is 1.91. The second kappa shape index (κ2) is 6.01. The molecule has 0 saturated carbocycles. The van der Waals surface area contributed by atoms with Gasteiger partial charge in [0.2, 0.25) is 0 Å². The lowest BCUT2D eigenvalue weighted by molar-refractivity contribution is 0.408. The van der Waals surface area contributed by atoms with Crippen molar-refractivity contribution in [2.24, 2.45) is 0 Å². The van der Waals surface area contributed by atoms with Gasteiger partial charge in [-0.05, 0) is 72.3 Å². The zero-order chi connectivity index (χ0) is 15.0. The van der Waals surface area contributed by atoms with Crippen molar-refractivity contribution in [3.05, 3.63) is 43.6 Å². The molecule has 2 nitrogen and oxygen atoms in total.